The molecule has 0 aliphatic rings. The molecular formula is C23H25ClN4O4S. The average molecular weight is 489 g/mol. The predicted molar refractivity (Wildman–Crippen MR) is 128 cm³/mol. The number of anilines is 1. The van der Waals surface area contributed by atoms with Gasteiger partial charge in [0.15, 0.2) is 0 Å². The van der Waals surface area contributed by atoms with Crippen molar-refractivity contribution in [3.05, 3.63) is 71.0 Å². The second kappa shape index (κ2) is 10.7. The Morgan fingerprint density at radius 2 is 1.55 bits per heavy atom. The van der Waals surface area contributed by atoms with E-state index in [1.165, 1.54) is 12.1 Å². The molecule has 0 aliphatic heterocycles. The molecule has 1 aromatic heterocycles. The summed E-state index contributed by atoms with van der Waals surface area (Å²) in [5.41, 5.74) is 3.35. The van der Waals surface area contributed by atoms with E-state index in [-0.39, 0.29) is 11.3 Å². The molecule has 2 aromatic carbocycles. The summed E-state index contributed by atoms with van der Waals surface area (Å²) in [6.07, 6.45) is 0.514. The second-order valence-corrected chi connectivity index (χ2v) is 9.74. The number of carbonyl (C=O) groups is 1. The topological polar surface area (TPSA) is 121 Å². The number of aryl methyl sites for hydroxylation is 2. The molecule has 33 heavy (non-hydrogen) atoms. The lowest BCUT2D eigenvalue weighted by atomic mass is 10.1. The first-order valence-corrected chi connectivity index (χ1v) is 12.2. The lowest BCUT2D eigenvalue weighted by Gasteiger charge is -2.15. The van der Waals surface area contributed by atoms with Gasteiger partial charge in [-0.05, 0) is 68.1 Å². The molecule has 0 spiro atoms. The quantitative estimate of drug-likeness (QED) is 0.368. The number of rotatable bonds is 10. The van der Waals surface area contributed by atoms with E-state index in [4.69, 9.17) is 11.6 Å². The van der Waals surface area contributed by atoms with Crippen LogP contribution in [-0.2, 0) is 14.8 Å². The zero-order valence-electron chi connectivity index (χ0n) is 18.2. The van der Waals surface area contributed by atoms with E-state index >= 15 is 0 Å². The number of carboxylic acids is 1. The molecule has 0 aliphatic carbocycles. The number of hydrogen-bond donors (Lipinski definition) is 3. The normalized spacial score (nSPS) is 12.3. The summed E-state index contributed by atoms with van der Waals surface area (Å²) in [7, 11) is -4.01. The maximum Gasteiger partial charge on any atom is 0.321 e. The first-order valence-electron chi connectivity index (χ1n) is 10.3. The molecule has 0 amide bonds. The Kier molecular flexibility index (Phi) is 8.01. The van der Waals surface area contributed by atoms with Crippen molar-refractivity contribution in [2.45, 2.75) is 37.6 Å². The van der Waals surface area contributed by atoms with Gasteiger partial charge in [-0.2, -0.15) is 4.72 Å². The summed E-state index contributed by atoms with van der Waals surface area (Å²) in [6, 6.07) is 14.0. The van der Waals surface area contributed by atoms with Crippen LogP contribution in [0.3, 0.4) is 0 Å². The van der Waals surface area contributed by atoms with Gasteiger partial charge in [-0.25, -0.2) is 18.4 Å². The Bertz CT molecular complexity index is 1200. The summed E-state index contributed by atoms with van der Waals surface area (Å²) >= 11 is 5.90. The fourth-order valence-electron chi connectivity index (χ4n) is 3.27. The van der Waals surface area contributed by atoms with Crippen LogP contribution in [0.15, 0.2) is 59.5 Å². The molecule has 8 nitrogen and oxygen atoms in total. The van der Waals surface area contributed by atoms with Gasteiger partial charge in [0.05, 0.1) is 4.90 Å². The van der Waals surface area contributed by atoms with Crippen LogP contribution in [0, 0.1) is 13.8 Å². The first kappa shape index (κ1) is 24.6. The van der Waals surface area contributed by atoms with Crippen LogP contribution in [0.2, 0.25) is 5.02 Å². The zero-order chi connectivity index (χ0) is 24.0. The van der Waals surface area contributed by atoms with Crippen molar-refractivity contribution in [2.24, 2.45) is 0 Å². The molecule has 1 atom stereocenters. The number of aliphatic carboxylic acids is 1. The molecule has 0 saturated heterocycles. The number of sulfonamides is 1. The lowest BCUT2D eigenvalue weighted by molar-refractivity contribution is -0.139. The van der Waals surface area contributed by atoms with Crippen molar-refractivity contribution >= 4 is 33.5 Å². The van der Waals surface area contributed by atoms with Crippen LogP contribution in [-0.4, -0.2) is 42.0 Å². The second-order valence-electron chi connectivity index (χ2n) is 7.59. The van der Waals surface area contributed by atoms with Gasteiger partial charge < -0.3 is 10.4 Å². The van der Waals surface area contributed by atoms with Gasteiger partial charge in [-0.15, -0.1) is 0 Å². The molecule has 0 radical (unpaired) electrons. The van der Waals surface area contributed by atoms with E-state index in [0.29, 0.717) is 23.9 Å². The SMILES string of the molecule is Cc1cc(C)nc(NCCCC(NS(=O)(=O)c2ccc(-c3ccc(Cl)cc3)cc2)C(=O)O)n1. The molecule has 3 rings (SSSR count). The Labute approximate surface area is 198 Å². The van der Waals surface area contributed by atoms with Crippen LogP contribution in [0.5, 0.6) is 0 Å². The van der Waals surface area contributed by atoms with E-state index < -0.39 is 22.0 Å². The summed E-state index contributed by atoms with van der Waals surface area (Å²) in [5, 5.41) is 13.2. The van der Waals surface area contributed by atoms with Crippen molar-refractivity contribution in [1.82, 2.24) is 14.7 Å². The molecular weight excluding hydrogens is 464 g/mol. The number of benzene rings is 2. The Morgan fingerprint density at radius 3 is 2.09 bits per heavy atom. The fraction of sp³-hybridized carbons (Fsp3) is 0.261. The average Bonchev–Trinajstić information content (AvgIpc) is 2.75. The van der Waals surface area contributed by atoms with Crippen molar-refractivity contribution in [3.63, 3.8) is 0 Å². The largest absolute Gasteiger partial charge is 0.480 e. The smallest absolute Gasteiger partial charge is 0.321 e. The van der Waals surface area contributed by atoms with Crippen molar-refractivity contribution in [2.75, 3.05) is 11.9 Å². The predicted octanol–water partition coefficient (Wildman–Crippen LogP) is 4.04. The van der Waals surface area contributed by atoms with E-state index in [0.717, 1.165) is 22.5 Å². The summed E-state index contributed by atoms with van der Waals surface area (Å²) in [6.45, 7) is 4.12. The standard InChI is InChI=1S/C23H25ClN4O4S/c1-15-14-16(2)27-23(26-15)25-13-3-4-21(22(29)30)28-33(31,32)20-11-7-18(8-12-20)17-5-9-19(24)10-6-17/h5-12,14,21,28H,3-4,13H2,1-2H3,(H,29,30)(H,25,26,27). The van der Waals surface area contributed by atoms with Crippen LogP contribution >= 0.6 is 11.6 Å². The number of aromatic nitrogens is 2. The van der Waals surface area contributed by atoms with Crippen molar-refractivity contribution in [1.29, 1.82) is 0 Å². The van der Waals surface area contributed by atoms with E-state index in [2.05, 4.69) is 20.0 Å². The molecule has 0 bridgehead atoms. The van der Waals surface area contributed by atoms with Gasteiger partial charge in [-0.1, -0.05) is 35.9 Å². The van der Waals surface area contributed by atoms with Crippen molar-refractivity contribution in [3.8, 4) is 11.1 Å². The van der Waals surface area contributed by atoms with Gasteiger partial charge in [0.25, 0.3) is 0 Å². The minimum atomic E-state index is -4.01. The molecule has 3 N–H and O–H groups in total. The maximum absolute atomic E-state index is 12.7. The number of carboxylic acid groups (broad SMARTS) is 1. The van der Waals surface area contributed by atoms with Gasteiger partial charge in [0, 0.05) is 23.0 Å². The molecule has 1 unspecified atom stereocenters. The van der Waals surface area contributed by atoms with Crippen LogP contribution in [0.4, 0.5) is 5.95 Å². The fourth-order valence-corrected chi connectivity index (χ4v) is 4.62. The molecule has 10 heteroatoms. The Balaban J connectivity index is 1.60. The molecule has 1 heterocycles. The molecule has 174 valence electrons. The van der Waals surface area contributed by atoms with Crippen LogP contribution < -0.4 is 10.0 Å². The lowest BCUT2D eigenvalue weighted by Crippen LogP contribution is -2.40. The third-order valence-corrected chi connectivity index (χ3v) is 6.61. The van der Waals surface area contributed by atoms with E-state index in [9.17, 15) is 18.3 Å². The van der Waals surface area contributed by atoms with Gasteiger partial charge in [-0.3, -0.25) is 4.79 Å². The maximum atomic E-state index is 12.7. The first-order chi connectivity index (χ1) is 15.6. The molecule has 3 aromatic rings. The summed E-state index contributed by atoms with van der Waals surface area (Å²) in [5.74, 6) is -0.778. The highest BCUT2D eigenvalue weighted by Crippen LogP contribution is 2.23. The van der Waals surface area contributed by atoms with Crippen LogP contribution in [0.25, 0.3) is 11.1 Å². The monoisotopic (exact) mass is 488 g/mol. The van der Waals surface area contributed by atoms with E-state index in [1.807, 2.05) is 32.0 Å². The summed E-state index contributed by atoms with van der Waals surface area (Å²) in [4.78, 5) is 20.2. The number of nitrogens with zero attached hydrogens (tertiary/aromatic N) is 2. The minimum absolute atomic E-state index is 0.00627. The van der Waals surface area contributed by atoms with Gasteiger partial charge >= 0.3 is 5.97 Å². The number of nitrogens with one attached hydrogen (secondary N) is 2. The zero-order valence-corrected chi connectivity index (χ0v) is 19.8. The molecule has 0 saturated carbocycles. The molecule has 0 fully saturated rings. The minimum Gasteiger partial charge on any atom is -0.480 e. The third-order valence-electron chi connectivity index (χ3n) is 4.87. The Hall–Kier alpha value is -3.01. The highest BCUT2D eigenvalue weighted by molar-refractivity contribution is 7.89. The third kappa shape index (κ3) is 6.98. The van der Waals surface area contributed by atoms with Gasteiger partial charge in [0.1, 0.15) is 6.04 Å². The van der Waals surface area contributed by atoms with Gasteiger partial charge in [0.2, 0.25) is 16.0 Å². The number of hydrogen-bond acceptors (Lipinski definition) is 6. The van der Waals surface area contributed by atoms with E-state index in [1.54, 1.807) is 24.3 Å². The number of halogens is 1. The highest BCUT2D eigenvalue weighted by atomic mass is 35.5. The summed E-state index contributed by atoms with van der Waals surface area (Å²) < 4.78 is 27.8. The van der Waals surface area contributed by atoms with Crippen LogP contribution in [0.1, 0.15) is 24.2 Å². The van der Waals surface area contributed by atoms with Crippen molar-refractivity contribution < 1.29 is 18.3 Å². The Morgan fingerprint density at radius 1 is 1.00 bits per heavy atom. The highest BCUT2D eigenvalue weighted by Gasteiger charge is 2.25.